The molecule has 1 saturated carbocycles. The summed E-state index contributed by atoms with van der Waals surface area (Å²) >= 11 is 7.47. The number of nitrogens with one attached hydrogen (secondary N) is 1. The van der Waals surface area contributed by atoms with Crippen LogP contribution in [0.25, 0.3) is 10.4 Å². The molecule has 7 nitrogen and oxygen atoms in total. The van der Waals surface area contributed by atoms with Crippen LogP contribution in [0.1, 0.15) is 49.4 Å². The number of rotatable bonds is 5. The molecule has 174 valence electrons. The van der Waals surface area contributed by atoms with Crippen molar-refractivity contribution in [2.45, 2.75) is 52.6 Å². The van der Waals surface area contributed by atoms with E-state index in [1.807, 2.05) is 39.8 Å². The highest BCUT2D eigenvalue weighted by Crippen LogP contribution is 2.50. The molecule has 33 heavy (non-hydrogen) atoms. The highest BCUT2D eigenvalue weighted by Gasteiger charge is 2.49. The van der Waals surface area contributed by atoms with Gasteiger partial charge in [0.2, 0.25) is 5.95 Å². The Morgan fingerprint density at radius 3 is 2.64 bits per heavy atom. The zero-order chi connectivity index (χ0) is 24.0. The van der Waals surface area contributed by atoms with Crippen molar-refractivity contribution >= 4 is 40.5 Å². The van der Waals surface area contributed by atoms with E-state index in [-0.39, 0.29) is 0 Å². The summed E-state index contributed by atoms with van der Waals surface area (Å²) < 4.78 is 0. The van der Waals surface area contributed by atoms with Crippen molar-refractivity contribution < 1.29 is 15.0 Å². The van der Waals surface area contributed by atoms with Crippen LogP contribution < -0.4 is 5.32 Å². The minimum absolute atomic E-state index is 0.359. The molecule has 2 aromatic heterocycles. The predicted octanol–water partition coefficient (Wildman–Crippen LogP) is 5.71. The first kappa shape index (κ1) is 23.6. The lowest BCUT2D eigenvalue weighted by Gasteiger charge is -2.44. The lowest BCUT2D eigenvalue weighted by molar-refractivity contribution is -0.154. The maximum atomic E-state index is 11.6. The van der Waals surface area contributed by atoms with E-state index in [2.05, 4.69) is 26.3 Å². The number of aromatic nitrogens is 3. The first-order valence-corrected chi connectivity index (χ1v) is 12.0. The Labute approximate surface area is 201 Å². The van der Waals surface area contributed by atoms with Gasteiger partial charge < -0.3 is 15.5 Å². The summed E-state index contributed by atoms with van der Waals surface area (Å²) in [5.41, 5.74) is 1.90. The van der Waals surface area contributed by atoms with Crippen LogP contribution in [0.2, 0.25) is 5.02 Å². The average molecular weight is 487 g/mol. The fourth-order valence-corrected chi connectivity index (χ4v) is 5.75. The summed E-state index contributed by atoms with van der Waals surface area (Å²) in [5.74, 6) is -0.812. The molecule has 9 heteroatoms. The summed E-state index contributed by atoms with van der Waals surface area (Å²) in [6, 6.07) is 6.06. The molecule has 1 aliphatic rings. The second-order valence-electron chi connectivity index (χ2n) is 9.50. The number of nitrogens with zero attached hydrogens (tertiary/aromatic N) is 3. The number of carboxylic acids is 1. The zero-order valence-electron chi connectivity index (χ0n) is 19.0. The van der Waals surface area contributed by atoms with Crippen molar-refractivity contribution in [2.75, 3.05) is 5.32 Å². The molecule has 3 aromatic rings. The SMILES string of the molecule is Cc1cc(Nc2ncc(Cl)c(C)n2)cc(-c2cnc(C3(O)CCC(C(=O)O)C(C)(C)C3)s2)c1. The van der Waals surface area contributed by atoms with E-state index in [1.165, 1.54) is 11.3 Å². The number of carboxylic acid groups (broad SMARTS) is 1. The third kappa shape index (κ3) is 4.88. The van der Waals surface area contributed by atoms with Gasteiger partial charge in [0.25, 0.3) is 0 Å². The van der Waals surface area contributed by atoms with Gasteiger partial charge in [-0.3, -0.25) is 4.79 Å². The summed E-state index contributed by atoms with van der Waals surface area (Å²) in [5, 5.41) is 25.3. The first-order valence-electron chi connectivity index (χ1n) is 10.8. The number of hydrogen-bond acceptors (Lipinski definition) is 7. The summed E-state index contributed by atoms with van der Waals surface area (Å²) in [6.45, 7) is 7.65. The predicted molar refractivity (Wildman–Crippen MR) is 130 cm³/mol. The van der Waals surface area contributed by atoms with Crippen LogP contribution in [-0.4, -0.2) is 31.1 Å². The molecule has 0 radical (unpaired) electrons. The lowest BCUT2D eigenvalue weighted by atomic mass is 9.63. The van der Waals surface area contributed by atoms with Crippen molar-refractivity contribution in [1.82, 2.24) is 15.0 Å². The molecule has 1 aliphatic carbocycles. The Bertz CT molecular complexity index is 1210. The molecule has 1 aromatic carbocycles. The van der Waals surface area contributed by atoms with E-state index in [4.69, 9.17) is 11.6 Å². The number of halogens is 1. The Balaban J connectivity index is 1.59. The van der Waals surface area contributed by atoms with Gasteiger partial charge in [-0.2, -0.15) is 0 Å². The normalized spacial score (nSPS) is 22.2. The Morgan fingerprint density at radius 1 is 1.21 bits per heavy atom. The van der Waals surface area contributed by atoms with Crippen LogP contribution >= 0.6 is 22.9 Å². The number of carbonyl (C=O) groups is 1. The molecule has 3 N–H and O–H groups in total. The van der Waals surface area contributed by atoms with Crippen LogP contribution in [0, 0.1) is 25.2 Å². The van der Waals surface area contributed by atoms with Crippen LogP contribution in [0.4, 0.5) is 11.6 Å². The number of aliphatic carboxylic acids is 1. The fraction of sp³-hybridized carbons (Fsp3) is 0.417. The van der Waals surface area contributed by atoms with E-state index in [9.17, 15) is 15.0 Å². The van der Waals surface area contributed by atoms with Gasteiger partial charge in [-0.05, 0) is 61.8 Å². The molecule has 0 aliphatic heterocycles. The molecular formula is C24H27ClN4O3S. The van der Waals surface area contributed by atoms with Gasteiger partial charge in [-0.25, -0.2) is 15.0 Å². The third-order valence-corrected chi connectivity index (χ3v) is 7.89. The van der Waals surface area contributed by atoms with Gasteiger partial charge in [0.05, 0.1) is 27.7 Å². The van der Waals surface area contributed by atoms with Crippen LogP contribution in [0.5, 0.6) is 0 Å². The van der Waals surface area contributed by atoms with E-state index in [0.717, 1.165) is 21.7 Å². The first-order chi connectivity index (χ1) is 15.5. The molecule has 2 atom stereocenters. The Hall–Kier alpha value is -2.55. The fourth-order valence-electron chi connectivity index (χ4n) is 4.64. The van der Waals surface area contributed by atoms with Crippen molar-refractivity contribution in [3.05, 3.63) is 51.9 Å². The number of aliphatic hydroxyl groups is 1. The Kier molecular flexibility index (Phi) is 6.20. The number of benzene rings is 1. The molecule has 0 spiro atoms. The minimum Gasteiger partial charge on any atom is -0.481 e. The largest absolute Gasteiger partial charge is 0.481 e. The second-order valence-corrected chi connectivity index (χ2v) is 10.9. The summed E-state index contributed by atoms with van der Waals surface area (Å²) in [6.07, 6.45) is 4.51. The van der Waals surface area contributed by atoms with Gasteiger partial charge in [0.15, 0.2) is 0 Å². The van der Waals surface area contributed by atoms with Gasteiger partial charge in [-0.1, -0.05) is 31.5 Å². The van der Waals surface area contributed by atoms with Crippen molar-refractivity contribution in [3.8, 4) is 10.4 Å². The lowest BCUT2D eigenvalue weighted by Crippen LogP contribution is -2.44. The highest BCUT2D eigenvalue weighted by atomic mass is 35.5. The van der Waals surface area contributed by atoms with Crippen molar-refractivity contribution in [3.63, 3.8) is 0 Å². The maximum Gasteiger partial charge on any atom is 0.307 e. The average Bonchev–Trinajstić information content (AvgIpc) is 3.20. The molecule has 2 unspecified atom stereocenters. The van der Waals surface area contributed by atoms with E-state index >= 15 is 0 Å². The maximum absolute atomic E-state index is 11.6. The number of anilines is 2. The van der Waals surface area contributed by atoms with E-state index in [1.54, 1.807) is 12.4 Å². The molecule has 1 fully saturated rings. The smallest absolute Gasteiger partial charge is 0.307 e. The molecule has 0 saturated heterocycles. The Morgan fingerprint density at radius 2 is 1.97 bits per heavy atom. The summed E-state index contributed by atoms with van der Waals surface area (Å²) in [4.78, 5) is 25.7. The number of aryl methyl sites for hydroxylation is 2. The number of thiazole rings is 1. The van der Waals surface area contributed by atoms with Gasteiger partial charge in [0.1, 0.15) is 10.6 Å². The molecule has 0 bridgehead atoms. The van der Waals surface area contributed by atoms with Crippen LogP contribution in [-0.2, 0) is 10.4 Å². The van der Waals surface area contributed by atoms with Crippen LogP contribution in [0.15, 0.2) is 30.6 Å². The van der Waals surface area contributed by atoms with Gasteiger partial charge in [-0.15, -0.1) is 11.3 Å². The molecular weight excluding hydrogens is 460 g/mol. The monoisotopic (exact) mass is 486 g/mol. The number of hydrogen-bond donors (Lipinski definition) is 3. The van der Waals surface area contributed by atoms with Gasteiger partial charge >= 0.3 is 5.97 Å². The quantitative estimate of drug-likeness (QED) is 0.423. The second kappa shape index (κ2) is 8.66. The zero-order valence-corrected chi connectivity index (χ0v) is 20.6. The highest BCUT2D eigenvalue weighted by molar-refractivity contribution is 7.15. The molecule has 4 rings (SSSR count). The van der Waals surface area contributed by atoms with E-state index < -0.39 is 22.9 Å². The summed E-state index contributed by atoms with van der Waals surface area (Å²) in [7, 11) is 0. The molecule has 0 amide bonds. The third-order valence-electron chi connectivity index (χ3n) is 6.28. The van der Waals surface area contributed by atoms with Crippen molar-refractivity contribution in [2.24, 2.45) is 11.3 Å². The van der Waals surface area contributed by atoms with Crippen molar-refractivity contribution in [1.29, 1.82) is 0 Å². The minimum atomic E-state index is -1.13. The molecule has 2 heterocycles. The topological polar surface area (TPSA) is 108 Å². The van der Waals surface area contributed by atoms with Crippen LogP contribution in [0.3, 0.4) is 0 Å². The van der Waals surface area contributed by atoms with Gasteiger partial charge in [0, 0.05) is 11.9 Å². The van der Waals surface area contributed by atoms with E-state index in [0.29, 0.717) is 40.9 Å². The standard InChI is InChI=1S/C24H27ClN4O3S/c1-13-7-15(9-16(8-13)29-22-27-10-18(25)14(2)28-22)19-11-26-21(33-19)24(32)6-5-17(20(30)31)23(3,4)12-24/h7-11,17,32H,5-6,12H2,1-4H3,(H,30,31)(H,27,28,29).